The van der Waals surface area contributed by atoms with Gasteiger partial charge in [0.2, 0.25) is 0 Å². The Morgan fingerprint density at radius 1 is 1.46 bits per heavy atom. The summed E-state index contributed by atoms with van der Waals surface area (Å²) < 4.78 is 18.6. The maximum absolute atomic E-state index is 13.7. The number of anilines is 1. The Morgan fingerprint density at radius 2 is 2.29 bits per heavy atom. The van der Waals surface area contributed by atoms with Gasteiger partial charge in [-0.05, 0) is 23.8 Å². The molecule has 7 heteroatoms. The summed E-state index contributed by atoms with van der Waals surface area (Å²) in [6.45, 7) is 0.565. The number of carbonyl (C=O) groups is 1. The third-order valence-corrected chi connectivity index (χ3v) is 3.28. The van der Waals surface area contributed by atoms with Crippen LogP contribution in [-0.2, 0) is 6.54 Å². The molecule has 1 aromatic carbocycles. The summed E-state index contributed by atoms with van der Waals surface area (Å²) in [7, 11) is 1.37. The summed E-state index contributed by atoms with van der Waals surface area (Å²) >= 11 is 0. The van der Waals surface area contributed by atoms with Crippen molar-refractivity contribution in [3.8, 4) is 11.8 Å². The monoisotopic (exact) mass is 328 g/mol. The van der Waals surface area contributed by atoms with Crippen LogP contribution in [0.5, 0.6) is 5.75 Å². The fourth-order valence-electron chi connectivity index (χ4n) is 2.10. The molecule has 0 unspecified atom stereocenters. The van der Waals surface area contributed by atoms with Crippen molar-refractivity contribution in [3.63, 3.8) is 0 Å². The quantitative estimate of drug-likeness (QED) is 0.883. The fourth-order valence-corrected chi connectivity index (χ4v) is 2.10. The van der Waals surface area contributed by atoms with E-state index in [0.29, 0.717) is 12.2 Å². The minimum atomic E-state index is -0.564. The number of pyridine rings is 1. The molecule has 2 rings (SSSR count). The summed E-state index contributed by atoms with van der Waals surface area (Å²) in [5.74, 6) is -0.462. The molecule has 0 saturated carbocycles. The fraction of sp³-hybridized carbons (Fsp3) is 0.235. The van der Waals surface area contributed by atoms with Crippen LogP contribution in [0.1, 0.15) is 12.0 Å². The zero-order chi connectivity index (χ0) is 17.4. The zero-order valence-corrected chi connectivity index (χ0v) is 13.2. The number of benzene rings is 1. The minimum absolute atomic E-state index is 0.102. The Bertz CT molecular complexity index is 731. The Hall–Kier alpha value is -3.14. The molecule has 0 aliphatic rings. The Labute approximate surface area is 139 Å². The van der Waals surface area contributed by atoms with Crippen LogP contribution in [0, 0.1) is 17.1 Å². The van der Waals surface area contributed by atoms with Crippen LogP contribution in [0.3, 0.4) is 0 Å². The first-order valence-electron chi connectivity index (χ1n) is 7.29. The van der Waals surface area contributed by atoms with Crippen molar-refractivity contribution in [2.75, 3.05) is 19.0 Å². The second-order valence-corrected chi connectivity index (χ2v) is 4.97. The van der Waals surface area contributed by atoms with Crippen molar-refractivity contribution >= 4 is 11.7 Å². The van der Waals surface area contributed by atoms with E-state index in [1.165, 1.54) is 24.1 Å². The highest BCUT2D eigenvalue weighted by Crippen LogP contribution is 2.21. The molecule has 0 bridgehead atoms. The van der Waals surface area contributed by atoms with Gasteiger partial charge in [0.15, 0.2) is 11.6 Å². The van der Waals surface area contributed by atoms with Gasteiger partial charge in [-0.1, -0.05) is 6.07 Å². The molecule has 1 N–H and O–H groups in total. The van der Waals surface area contributed by atoms with Crippen LogP contribution in [0.2, 0.25) is 0 Å². The highest BCUT2D eigenvalue weighted by atomic mass is 19.1. The number of aromatic nitrogens is 1. The Balaban J connectivity index is 2.09. The van der Waals surface area contributed by atoms with Gasteiger partial charge >= 0.3 is 6.03 Å². The second-order valence-electron chi connectivity index (χ2n) is 4.97. The van der Waals surface area contributed by atoms with Gasteiger partial charge in [-0.25, -0.2) is 9.18 Å². The van der Waals surface area contributed by atoms with E-state index in [4.69, 9.17) is 10.00 Å². The number of rotatable bonds is 6. The van der Waals surface area contributed by atoms with Crippen molar-refractivity contribution < 1.29 is 13.9 Å². The van der Waals surface area contributed by atoms with Gasteiger partial charge in [0.25, 0.3) is 0 Å². The topological polar surface area (TPSA) is 78.2 Å². The molecule has 0 spiro atoms. The summed E-state index contributed by atoms with van der Waals surface area (Å²) in [5, 5.41) is 11.4. The molecule has 1 aromatic heterocycles. The molecule has 0 aliphatic heterocycles. The summed E-state index contributed by atoms with van der Waals surface area (Å²) in [4.78, 5) is 17.9. The molecule has 0 saturated heterocycles. The number of hydrogen-bond donors (Lipinski definition) is 1. The van der Waals surface area contributed by atoms with E-state index in [-0.39, 0.29) is 18.7 Å². The summed E-state index contributed by atoms with van der Waals surface area (Å²) in [6.07, 6.45) is 3.49. The molecular weight excluding hydrogens is 311 g/mol. The molecule has 2 aromatic rings. The zero-order valence-electron chi connectivity index (χ0n) is 13.2. The van der Waals surface area contributed by atoms with Gasteiger partial charge in [0.05, 0.1) is 19.6 Å². The average Bonchev–Trinajstić information content (AvgIpc) is 2.59. The van der Waals surface area contributed by atoms with Crippen molar-refractivity contribution in [2.45, 2.75) is 13.0 Å². The molecule has 2 amide bonds. The van der Waals surface area contributed by atoms with E-state index < -0.39 is 11.8 Å². The number of nitriles is 1. The van der Waals surface area contributed by atoms with Gasteiger partial charge < -0.3 is 15.0 Å². The van der Waals surface area contributed by atoms with Crippen LogP contribution in [0.15, 0.2) is 42.7 Å². The van der Waals surface area contributed by atoms with Gasteiger partial charge in [0.1, 0.15) is 0 Å². The third kappa shape index (κ3) is 4.68. The average molecular weight is 328 g/mol. The molecular formula is C17H17FN4O2. The van der Waals surface area contributed by atoms with Crippen molar-refractivity contribution in [2.24, 2.45) is 0 Å². The smallest absolute Gasteiger partial charge is 0.322 e. The lowest BCUT2D eigenvalue weighted by atomic mass is 10.2. The number of hydrogen-bond acceptors (Lipinski definition) is 4. The molecule has 0 atom stereocenters. The van der Waals surface area contributed by atoms with Gasteiger partial charge in [-0.15, -0.1) is 0 Å². The van der Waals surface area contributed by atoms with Crippen molar-refractivity contribution in [3.05, 3.63) is 54.1 Å². The van der Waals surface area contributed by atoms with Crippen LogP contribution >= 0.6 is 0 Å². The first kappa shape index (κ1) is 17.2. The number of ether oxygens (including phenoxy) is 1. The van der Waals surface area contributed by atoms with Crippen LogP contribution in [-0.4, -0.2) is 29.6 Å². The summed E-state index contributed by atoms with van der Waals surface area (Å²) in [6, 6.07) is 9.38. The van der Waals surface area contributed by atoms with E-state index in [9.17, 15) is 9.18 Å². The first-order valence-corrected chi connectivity index (χ1v) is 7.29. The highest BCUT2D eigenvalue weighted by molar-refractivity contribution is 5.89. The predicted molar refractivity (Wildman–Crippen MR) is 86.8 cm³/mol. The van der Waals surface area contributed by atoms with E-state index in [2.05, 4.69) is 10.3 Å². The second kappa shape index (κ2) is 8.48. The van der Waals surface area contributed by atoms with Gasteiger partial charge in [-0.2, -0.15) is 5.26 Å². The number of methoxy groups -OCH3 is 1. The number of nitrogens with zero attached hydrogens (tertiary/aromatic N) is 3. The van der Waals surface area contributed by atoms with Gasteiger partial charge in [-0.3, -0.25) is 4.98 Å². The number of amides is 2. The molecule has 124 valence electrons. The highest BCUT2D eigenvalue weighted by Gasteiger charge is 2.15. The molecule has 6 nitrogen and oxygen atoms in total. The predicted octanol–water partition coefficient (Wildman–Crippen LogP) is 3.18. The van der Waals surface area contributed by atoms with Crippen molar-refractivity contribution in [1.82, 2.24) is 9.88 Å². The maximum atomic E-state index is 13.7. The Morgan fingerprint density at radius 3 is 2.92 bits per heavy atom. The lowest BCUT2D eigenvalue weighted by molar-refractivity contribution is 0.210. The van der Waals surface area contributed by atoms with Crippen LogP contribution in [0.25, 0.3) is 0 Å². The number of halogens is 1. The molecule has 24 heavy (non-hydrogen) atoms. The van der Waals surface area contributed by atoms with Crippen LogP contribution < -0.4 is 10.1 Å². The first-order chi connectivity index (χ1) is 11.6. The normalized spacial score (nSPS) is 9.88. The molecule has 1 heterocycles. The maximum Gasteiger partial charge on any atom is 0.322 e. The third-order valence-electron chi connectivity index (χ3n) is 3.28. The van der Waals surface area contributed by atoms with E-state index in [0.717, 1.165) is 5.56 Å². The lowest BCUT2D eigenvalue weighted by Crippen LogP contribution is -2.35. The Kier molecular flexibility index (Phi) is 6.08. The SMILES string of the molecule is COc1ccc(NC(=O)N(CCC#N)Cc2cccnc2)cc1F. The number of nitrogens with one attached hydrogen (secondary N) is 1. The van der Waals surface area contributed by atoms with E-state index in [1.807, 2.05) is 12.1 Å². The summed E-state index contributed by atoms with van der Waals surface area (Å²) in [5.41, 5.74) is 1.15. The molecule has 0 aliphatic carbocycles. The largest absolute Gasteiger partial charge is 0.494 e. The van der Waals surface area contributed by atoms with Crippen molar-refractivity contribution in [1.29, 1.82) is 5.26 Å². The number of urea groups is 1. The van der Waals surface area contributed by atoms with Crippen LogP contribution in [0.4, 0.5) is 14.9 Å². The van der Waals surface area contributed by atoms with E-state index >= 15 is 0 Å². The number of carbonyl (C=O) groups excluding carboxylic acids is 1. The van der Waals surface area contributed by atoms with E-state index in [1.54, 1.807) is 24.5 Å². The lowest BCUT2D eigenvalue weighted by Gasteiger charge is -2.22. The molecule has 0 fully saturated rings. The standard InChI is InChI=1S/C17H17FN4O2/c1-24-16-6-5-14(10-15(16)18)21-17(23)22(9-3-7-19)12-13-4-2-8-20-11-13/h2,4-6,8,10-11H,3,9,12H2,1H3,(H,21,23). The van der Waals surface area contributed by atoms with Gasteiger partial charge in [0, 0.05) is 37.2 Å². The molecule has 0 radical (unpaired) electrons. The minimum Gasteiger partial charge on any atom is -0.494 e.